The number of hydrogen-bond donors (Lipinski definition) is 0. The Balaban J connectivity index is 2.69. The van der Waals surface area contributed by atoms with E-state index in [-0.39, 0.29) is 6.10 Å². The molecule has 2 heteroatoms. The molecule has 0 aliphatic heterocycles. The normalized spacial score (nSPS) is 12.5. The zero-order valence-corrected chi connectivity index (χ0v) is 8.41. The summed E-state index contributed by atoms with van der Waals surface area (Å²) < 4.78 is 10.5. The third kappa shape index (κ3) is 2.74. The fourth-order valence-corrected chi connectivity index (χ4v) is 1.14. The topological polar surface area (TPSA) is 18.5 Å². The van der Waals surface area contributed by atoms with Crippen molar-refractivity contribution >= 4 is 0 Å². The van der Waals surface area contributed by atoms with Crippen molar-refractivity contribution in [1.29, 1.82) is 0 Å². The second kappa shape index (κ2) is 4.87. The highest BCUT2D eigenvalue weighted by atomic mass is 16.5. The van der Waals surface area contributed by atoms with E-state index in [2.05, 4.69) is 0 Å². The van der Waals surface area contributed by atoms with E-state index in [1.165, 1.54) is 5.56 Å². The van der Waals surface area contributed by atoms with Gasteiger partial charge in [0, 0.05) is 7.11 Å². The van der Waals surface area contributed by atoms with Crippen molar-refractivity contribution in [3.05, 3.63) is 29.8 Å². The van der Waals surface area contributed by atoms with Crippen molar-refractivity contribution in [2.45, 2.75) is 20.0 Å². The lowest BCUT2D eigenvalue weighted by atomic mass is 10.1. The molecule has 0 aliphatic rings. The maximum absolute atomic E-state index is 5.33. The lowest BCUT2D eigenvalue weighted by Crippen LogP contribution is -1.96. The molecule has 72 valence electrons. The van der Waals surface area contributed by atoms with Crippen LogP contribution < -0.4 is 4.74 Å². The zero-order chi connectivity index (χ0) is 9.68. The van der Waals surface area contributed by atoms with Crippen LogP contribution in [0.4, 0.5) is 0 Å². The van der Waals surface area contributed by atoms with Gasteiger partial charge in [0.25, 0.3) is 0 Å². The van der Waals surface area contributed by atoms with E-state index in [0.717, 1.165) is 5.75 Å². The highest BCUT2D eigenvalue weighted by Crippen LogP contribution is 2.19. The summed E-state index contributed by atoms with van der Waals surface area (Å²) in [4.78, 5) is 0. The monoisotopic (exact) mass is 180 g/mol. The molecule has 2 nitrogen and oxygen atoms in total. The quantitative estimate of drug-likeness (QED) is 0.709. The van der Waals surface area contributed by atoms with Gasteiger partial charge in [-0.2, -0.15) is 0 Å². The first-order chi connectivity index (χ1) is 6.27. The lowest BCUT2D eigenvalue weighted by molar-refractivity contribution is 0.119. The van der Waals surface area contributed by atoms with Gasteiger partial charge in [0.2, 0.25) is 0 Å². The first-order valence-electron chi connectivity index (χ1n) is 4.53. The van der Waals surface area contributed by atoms with Gasteiger partial charge in [-0.25, -0.2) is 0 Å². The number of benzene rings is 1. The Kier molecular flexibility index (Phi) is 3.77. The third-order valence-corrected chi connectivity index (χ3v) is 2.01. The van der Waals surface area contributed by atoms with Crippen molar-refractivity contribution < 1.29 is 9.47 Å². The summed E-state index contributed by atoms with van der Waals surface area (Å²) in [5.74, 6) is 0.912. The van der Waals surface area contributed by atoms with Gasteiger partial charge in [-0.15, -0.1) is 0 Å². The van der Waals surface area contributed by atoms with Gasteiger partial charge in [0.15, 0.2) is 0 Å². The van der Waals surface area contributed by atoms with Crippen LogP contribution in [0.5, 0.6) is 5.75 Å². The first-order valence-corrected chi connectivity index (χ1v) is 4.53. The van der Waals surface area contributed by atoms with E-state index in [9.17, 15) is 0 Å². The van der Waals surface area contributed by atoms with Gasteiger partial charge in [-0.1, -0.05) is 12.1 Å². The van der Waals surface area contributed by atoms with E-state index in [4.69, 9.17) is 9.47 Å². The van der Waals surface area contributed by atoms with Crippen molar-refractivity contribution in [1.82, 2.24) is 0 Å². The number of rotatable bonds is 4. The maximum atomic E-state index is 5.33. The summed E-state index contributed by atoms with van der Waals surface area (Å²) in [6.45, 7) is 4.71. The minimum Gasteiger partial charge on any atom is -0.494 e. The highest BCUT2D eigenvalue weighted by molar-refractivity contribution is 5.28. The highest BCUT2D eigenvalue weighted by Gasteiger charge is 2.02. The van der Waals surface area contributed by atoms with Crippen LogP contribution in [0.3, 0.4) is 0 Å². The average molecular weight is 180 g/mol. The van der Waals surface area contributed by atoms with E-state index in [1.807, 2.05) is 38.1 Å². The van der Waals surface area contributed by atoms with Gasteiger partial charge in [-0.05, 0) is 31.5 Å². The molecule has 1 rings (SSSR count). The van der Waals surface area contributed by atoms with Gasteiger partial charge in [0.05, 0.1) is 12.7 Å². The summed E-state index contributed by atoms with van der Waals surface area (Å²) >= 11 is 0. The first kappa shape index (κ1) is 10.1. The largest absolute Gasteiger partial charge is 0.494 e. The smallest absolute Gasteiger partial charge is 0.119 e. The lowest BCUT2D eigenvalue weighted by Gasteiger charge is -2.10. The van der Waals surface area contributed by atoms with Gasteiger partial charge >= 0.3 is 0 Å². The molecule has 0 heterocycles. The number of hydrogen-bond acceptors (Lipinski definition) is 2. The Morgan fingerprint density at radius 1 is 1.23 bits per heavy atom. The zero-order valence-electron chi connectivity index (χ0n) is 8.41. The Bertz CT molecular complexity index is 241. The van der Waals surface area contributed by atoms with E-state index in [0.29, 0.717) is 6.61 Å². The fourth-order valence-electron chi connectivity index (χ4n) is 1.14. The minimum absolute atomic E-state index is 0.149. The van der Waals surface area contributed by atoms with Gasteiger partial charge in [-0.3, -0.25) is 0 Å². The molecule has 0 saturated carbocycles. The Morgan fingerprint density at radius 2 is 1.85 bits per heavy atom. The Labute approximate surface area is 79.5 Å². The van der Waals surface area contributed by atoms with Gasteiger partial charge in [0.1, 0.15) is 5.75 Å². The molecular weight excluding hydrogens is 164 g/mol. The predicted octanol–water partition coefficient (Wildman–Crippen LogP) is 2.79. The van der Waals surface area contributed by atoms with Crippen LogP contribution in [-0.4, -0.2) is 13.7 Å². The summed E-state index contributed by atoms with van der Waals surface area (Å²) in [5.41, 5.74) is 1.17. The van der Waals surface area contributed by atoms with E-state index in [1.54, 1.807) is 7.11 Å². The molecule has 0 saturated heterocycles. The van der Waals surface area contributed by atoms with Crippen LogP contribution >= 0.6 is 0 Å². The summed E-state index contributed by atoms with van der Waals surface area (Å²) in [7, 11) is 1.71. The van der Waals surface area contributed by atoms with Crippen molar-refractivity contribution in [3.8, 4) is 5.75 Å². The van der Waals surface area contributed by atoms with Crippen LogP contribution in [-0.2, 0) is 4.74 Å². The standard InChI is InChI=1S/C11H16O2/c1-4-13-11-7-5-10(6-8-11)9(2)12-3/h5-9H,4H2,1-3H3. The van der Waals surface area contributed by atoms with Crippen LogP contribution in [0, 0.1) is 0 Å². The molecule has 0 aromatic heterocycles. The maximum Gasteiger partial charge on any atom is 0.119 e. The molecule has 1 atom stereocenters. The summed E-state index contributed by atoms with van der Waals surface area (Å²) in [6.07, 6.45) is 0.149. The molecule has 1 unspecified atom stereocenters. The molecule has 1 aromatic carbocycles. The molecule has 0 aliphatic carbocycles. The van der Waals surface area contributed by atoms with Crippen molar-refractivity contribution in [3.63, 3.8) is 0 Å². The second-order valence-electron chi connectivity index (χ2n) is 2.88. The van der Waals surface area contributed by atoms with E-state index < -0.39 is 0 Å². The predicted molar refractivity (Wildman–Crippen MR) is 53.0 cm³/mol. The number of methoxy groups -OCH3 is 1. The molecule has 0 amide bonds. The Hall–Kier alpha value is -1.02. The SMILES string of the molecule is CCOc1ccc(C(C)OC)cc1. The third-order valence-electron chi connectivity index (χ3n) is 2.01. The van der Waals surface area contributed by atoms with Crippen LogP contribution in [0.1, 0.15) is 25.5 Å². The molecule has 0 N–H and O–H groups in total. The molecule has 0 spiro atoms. The molecule has 0 radical (unpaired) electrons. The van der Waals surface area contributed by atoms with Crippen LogP contribution in [0.2, 0.25) is 0 Å². The molecular formula is C11H16O2. The van der Waals surface area contributed by atoms with Crippen LogP contribution in [0.25, 0.3) is 0 Å². The Morgan fingerprint density at radius 3 is 2.31 bits per heavy atom. The molecule has 0 bridgehead atoms. The minimum atomic E-state index is 0.149. The average Bonchev–Trinajstić information content (AvgIpc) is 2.18. The van der Waals surface area contributed by atoms with E-state index >= 15 is 0 Å². The molecule has 13 heavy (non-hydrogen) atoms. The van der Waals surface area contributed by atoms with Crippen LogP contribution in [0.15, 0.2) is 24.3 Å². The molecule has 1 aromatic rings. The van der Waals surface area contributed by atoms with Crippen molar-refractivity contribution in [2.24, 2.45) is 0 Å². The van der Waals surface area contributed by atoms with Gasteiger partial charge < -0.3 is 9.47 Å². The number of ether oxygens (including phenoxy) is 2. The second-order valence-corrected chi connectivity index (χ2v) is 2.88. The summed E-state index contributed by atoms with van der Waals surface area (Å²) in [5, 5.41) is 0. The molecule has 0 fully saturated rings. The van der Waals surface area contributed by atoms with Crippen molar-refractivity contribution in [2.75, 3.05) is 13.7 Å². The fraction of sp³-hybridized carbons (Fsp3) is 0.455. The summed E-state index contributed by atoms with van der Waals surface area (Å²) in [6, 6.07) is 7.99.